The molecule has 0 atom stereocenters. The zero-order valence-electron chi connectivity index (χ0n) is 23.2. The molecule has 2 aromatic heterocycles. The SMILES string of the molecule is COC(=O)/C=C/Cn1c(=O)c2cc(C(=O)NCc3ccc(OC)cc3)sc2n(C)c1=O.COc1cccc(CN)c1. The number of aromatic nitrogens is 2. The normalized spacial score (nSPS) is 10.7. The maximum absolute atomic E-state index is 12.8. The van der Waals surface area contributed by atoms with E-state index in [1.165, 1.54) is 30.9 Å². The van der Waals surface area contributed by atoms with Gasteiger partial charge >= 0.3 is 11.7 Å². The zero-order chi connectivity index (χ0) is 29.9. The quantitative estimate of drug-likeness (QED) is 0.227. The van der Waals surface area contributed by atoms with Crippen LogP contribution >= 0.6 is 11.3 Å². The summed E-state index contributed by atoms with van der Waals surface area (Å²) in [6.07, 6.45) is 2.51. The van der Waals surface area contributed by atoms with Crippen LogP contribution in [0.5, 0.6) is 11.5 Å². The van der Waals surface area contributed by atoms with E-state index in [0.29, 0.717) is 22.8 Å². The van der Waals surface area contributed by atoms with Gasteiger partial charge in [-0.1, -0.05) is 30.3 Å². The van der Waals surface area contributed by atoms with Crippen molar-refractivity contribution in [3.05, 3.63) is 104 Å². The largest absolute Gasteiger partial charge is 0.497 e. The van der Waals surface area contributed by atoms with Crippen LogP contribution in [0.25, 0.3) is 10.2 Å². The van der Waals surface area contributed by atoms with Crippen molar-refractivity contribution in [3.63, 3.8) is 0 Å². The molecule has 0 aliphatic carbocycles. The maximum Gasteiger partial charge on any atom is 0.332 e. The van der Waals surface area contributed by atoms with Gasteiger partial charge in [-0.3, -0.25) is 18.7 Å². The Kier molecular flexibility index (Phi) is 11.0. The van der Waals surface area contributed by atoms with Crippen molar-refractivity contribution in [1.82, 2.24) is 14.5 Å². The Morgan fingerprint density at radius 2 is 1.68 bits per heavy atom. The first kappa shape index (κ1) is 30.9. The number of thiophene rings is 1. The molecule has 4 rings (SSSR count). The minimum Gasteiger partial charge on any atom is -0.497 e. The summed E-state index contributed by atoms with van der Waals surface area (Å²) in [7, 11) is 5.99. The molecule has 2 aromatic carbocycles. The van der Waals surface area contributed by atoms with Gasteiger partial charge in [0.25, 0.3) is 11.5 Å². The molecule has 12 heteroatoms. The lowest BCUT2D eigenvalue weighted by Crippen LogP contribution is -2.38. The predicted molar refractivity (Wildman–Crippen MR) is 158 cm³/mol. The first-order valence-corrected chi connectivity index (χ1v) is 13.3. The van der Waals surface area contributed by atoms with Crippen LogP contribution < -0.4 is 31.8 Å². The van der Waals surface area contributed by atoms with Crippen molar-refractivity contribution in [1.29, 1.82) is 0 Å². The van der Waals surface area contributed by atoms with E-state index in [0.717, 1.165) is 44.6 Å². The van der Waals surface area contributed by atoms with E-state index in [4.69, 9.17) is 15.2 Å². The van der Waals surface area contributed by atoms with Crippen molar-refractivity contribution in [2.75, 3.05) is 21.3 Å². The number of carbonyl (C=O) groups excluding carboxylic acids is 2. The minimum atomic E-state index is -0.586. The average molecular weight is 581 g/mol. The Labute approximate surface area is 240 Å². The van der Waals surface area contributed by atoms with E-state index in [1.54, 1.807) is 26.4 Å². The fourth-order valence-electron chi connectivity index (χ4n) is 3.69. The number of esters is 1. The smallest absolute Gasteiger partial charge is 0.332 e. The van der Waals surface area contributed by atoms with Crippen LogP contribution in [0.15, 0.2) is 76.3 Å². The molecule has 3 N–H and O–H groups in total. The van der Waals surface area contributed by atoms with Crippen LogP contribution in [0.2, 0.25) is 0 Å². The molecule has 41 heavy (non-hydrogen) atoms. The Morgan fingerprint density at radius 3 is 2.32 bits per heavy atom. The highest BCUT2D eigenvalue weighted by Gasteiger charge is 2.17. The fraction of sp³-hybridized carbons (Fsp3) is 0.241. The number of aryl methyl sites for hydroxylation is 1. The highest BCUT2D eigenvalue weighted by molar-refractivity contribution is 7.20. The molecule has 0 saturated carbocycles. The second kappa shape index (κ2) is 14.6. The molecule has 0 aliphatic rings. The number of nitrogens with two attached hydrogens (primary N) is 1. The van der Waals surface area contributed by atoms with Gasteiger partial charge in [0.2, 0.25) is 0 Å². The van der Waals surface area contributed by atoms with Gasteiger partial charge in [0.1, 0.15) is 16.3 Å². The van der Waals surface area contributed by atoms with Crippen molar-refractivity contribution < 1.29 is 23.8 Å². The van der Waals surface area contributed by atoms with Crippen LogP contribution in [0.1, 0.15) is 20.8 Å². The molecule has 0 bridgehead atoms. The standard InChI is InChI=1S/C21H21N3O6S.C8H11NO/c1-23-20-15(19(27)24(21(23)28)10-4-5-17(25)30-3)11-16(31-20)18(26)22-12-13-6-8-14(29-2)9-7-13;1-10-8-4-2-3-7(5-8)6-9/h4-9,11H,10,12H2,1-3H3,(H,22,26);2-5H,6,9H2,1H3/b5-4+;. The Morgan fingerprint density at radius 1 is 0.976 bits per heavy atom. The average Bonchev–Trinajstić information content (AvgIpc) is 3.47. The molecule has 0 spiro atoms. The molecule has 0 radical (unpaired) electrons. The summed E-state index contributed by atoms with van der Waals surface area (Å²) < 4.78 is 16.9. The van der Waals surface area contributed by atoms with Gasteiger partial charge in [0, 0.05) is 32.8 Å². The summed E-state index contributed by atoms with van der Waals surface area (Å²) >= 11 is 1.07. The second-order valence-corrected chi connectivity index (χ2v) is 9.63. The molecule has 1 amide bonds. The summed E-state index contributed by atoms with van der Waals surface area (Å²) in [5, 5.41) is 3.06. The maximum atomic E-state index is 12.8. The van der Waals surface area contributed by atoms with Gasteiger partial charge in [-0.25, -0.2) is 9.59 Å². The Bertz CT molecular complexity index is 1630. The monoisotopic (exact) mass is 580 g/mol. The topological polar surface area (TPSA) is 144 Å². The summed E-state index contributed by atoms with van der Waals surface area (Å²) in [6, 6.07) is 16.5. The number of allylic oxidation sites excluding steroid dienone is 1. The number of hydrogen-bond donors (Lipinski definition) is 2. The number of hydrogen-bond acceptors (Lipinski definition) is 9. The molecular weight excluding hydrogens is 548 g/mol. The lowest BCUT2D eigenvalue weighted by atomic mass is 10.2. The lowest BCUT2D eigenvalue weighted by Gasteiger charge is -2.05. The molecular formula is C29H32N4O7S. The first-order valence-electron chi connectivity index (χ1n) is 12.4. The number of carbonyl (C=O) groups is 2. The zero-order valence-corrected chi connectivity index (χ0v) is 24.0. The van der Waals surface area contributed by atoms with Gasteiger partial charge in [-0.2, -0.15) is 0 Å². The molecule has 216 valence electrons. The molecule has 0 aliphatic heterocycles. The summed E-state index contributed by atoms with van der Waals surface area (Å²) in [6.45, 7) is 0.779. The van der Waals surface area contributed by atoms with E-state index >= 15 is 0 Å². The molecule has 0 unspecified atom stereocenters. The molecule has 2 heterocycles. The minimum absolute atomic E-state index is 0.0919. The highest BCUT2D eigenvalue weighted by Crippen LogP contribution is 2.22. The van der Waals surface area contributed by atoms with E-state index in [1.807, 2.05) is 36.4 Å². The lowest BCUT2D eigenvalue weighted by molar-refractivity contribution is -0.134. The van der Waals surface area contributed by atoms with Crippen molar-refractivity contribution in [2.45, 2.75) is 19.6 Å². The summed E-state index contributed by atoms with van der Waals surface area (Å²) in [5.74, 6) is 0.652. The highest BCUT2D eigenvalue weighted by atomic mass is 32.1. The van der Waals surface area contributed by atoms with E-state index < -0.39 is 17.2 Å². The second-order valence-electron chi connectivity index (χ2n) is 8.60. The van der Waals surface area contributed by atoms with Crippen molar-refractivity contribution in [3.8, 4) is 11.5 Å². The third kappa shape index (κ3) is 7.93. The third-order valence-corrected chi connectivity index (χ3v) is 7.17. The Balaban J connectivity index is 0.000000389. The van der Waals surface area contributed by atoms with Crippen LogP contribution in [0.4, 0.5) is 0 Å². The molecule has 0 fully saturated rings. The van der Waals surface area contributed by atoms with E-state index in [2.05, 4.69) is 10.1 Å². The number of rotatable bonds is 9. The van der Waals surface area contributed by atoms with E-state index in [-0.39, 0.29) is 17.8 Å². The molecule has 0 saturated heterocycles. The third-order valence-electron chi connectivity index (χ3n) is 5.96. The first-order chi connectivity index (χ1) is 19.7. The van der Waals surface area contributed by atoms with Gasteiger partial charge in [0.05, 0.1) is 31.6 Å². The van der Waals surface area contributed by atoms with Crippen LogP contribution in [-0.2, 0) is 36.2 Å². The molecule has 11 nitrogen and oxygen atoms in total. The van der Waals surface area contributed by atoms with Gasteiger partial charge < -0.3 is 25.3 Å². The number of benzene rings is 2. The fourth-order valence-corrected chi connectivity index (χ4v) is 4.71. The van der Waals surface area contributed by atoms with Gasteiger partial charge in [-0.15, -0.1) is 11.3 Å². The van der Waals surface area contributed by atoms with Crippen molar-refractivity contribution in [2.24, 2.45) is 12.8 Å². The van der Waals surface area contributed by atoms with Crippen LogP contribution in [-0.4, -0.2) is 42.3 Å². The summed E-state index contributed by atoms with van der Waals surface area (Å²) in [4.78, 5) is 49.9. The number of fused-ring (bicyclic) bond motifs is 1. The van der Waals surface area contributed by atoms with Gasteiger partial charge in [-0.05, 0) is 41.5 Å². The number of methoxy groups -OCH3 is 3. The Hall–Kier alpha value is -4.68. The van der Waals surface area contributed by atoms with E-state index in [9.17, 15) is 19.2 Å². The predicted octanol–water partition coefficient (Wildman–Crippen LogP) is 2.58. The number of amides is 1. The number of nitrogens with one attached hydrogen (secondary N) is 1. The van der Waals surface area contributed by atoms with Crippen molar-refractivity contribution >= 4 is 33.4 Å². The number of ether oxygens (including phenoxy) is 3. The summed E-state index contributed by atoms with van der Waals surface area (Å²) in [5.41, 5.74) is 6.33. The van der Waals surface area contributed by atoms with Crippen LogP contribution in [0, 0.1) is 0 Å². The van der Waals surface area contributed by atoms with Crippen LogP contribution in [0.3, 0.4) is 0 Å². The van der Waals surface area contributed by atoms with Gasteiger partial charge in [0.15, 0.2) is 0 Å². The molecule has 4 aromatic rings. The number of nitrogens with zero attached hydrogens (tertiary/aromatic N) is 2.